The quantitative estimate of drug-likeness (QED) is 0.800. The summed E-state index contributed by atoms with van der Waals surface area (Å²) in [5, 5.41) is 4.78. The first-order valence-electron chi connectivity index (χ1n) is 5.02. The Labute approximate surface area is 106 Å². The lowest BCUT2D eigenvalue weighted by molar-refractivity contribution is 0.562. The summed E-state index contributed by atoms with van der Waals surface area (Å²) in [7, 11) is -3.34. The predicted molar refractivity (Wildman–Crippen MR) is 72.5 cm³/mol. The lowest BCUT2D eigenvalue weighted by Gasteiger charge is -2.13. The molecule has 0 aliphatic carbocycles. The molecule has 6 heteroatoms. The average Bonchev–Trinajstić information content (AvgIpc) is 2.62. The summed E-state index contributed by atoms with van der Waals surface area (Å²) >= 11 is 1.68. The van der Waals surface area contributed by atoms with Crippen LogP contribution >= 0.6 is 11.3 Å². The van der Waals surface area contributed by atoms with Crippen LogP contribution in [0.2, 0.25) is 0 Å². The van der Waals surface area contributed by atoms with E-state index in [9.17, 15) is 8.42 Å². The second-order valence-corrected chi connectivity index (χ2v) is 7.68. The Hall–Kier alpha value is -0.980. The second kappa shape index (κ2) is 5.12. The molecule has 1 heterocycles. The predicted octanol–water partition coefficient (Wildman–Crippen LogP) is 2.37. The third kappa shape index (κ3) is 4.07. The van der Waals surface area contributed by atoms with Gasteiger partial charge in [0.05, 0.1) is 20.5 Å². The number of sulfonamides is 1. The van der Waals surface area contributed by atoms with E-state index in [2.05, 4.69) is 11.1 Å². The Bertz CT molecular complexity index is 553. The first-order valence-corrected chi connectivity index (χ1v) is 7.45. The highest BCUT2D eigenvalue weighted by Gasteiger charge is 2.23. The maximum atomic E-state index is 10.4. The molecular weight excluding hydrogens is 256 g/mol. The fraction of sp³-hybridized carbons (Fsp3) is 0.364. The van der Waals surface area contributed by atoms with E-state index < -0.39 is 14.8 Å². The van der Waals surface area contributed by atoms with E-state index in [1.54, 1.807) is 32.1 Å². The van der Waals surface area contributed by atoms with Crippen LogP contribution in [0.4, 0.5) is 0 Å². The molecule has 0 unspecified atom stereocenters. The van der Waals surface area contributed by atoms with Crippen molar-refractivity contribution in [2.75, 3.05) is 0 Å². The molecule has 2 aromatic rings. The molecule has 2 rings (SSSR count). The van der Waals surface area contributed by atoms with Gasteiger partial charge in [-0.2, -0.15) is 0 Å². The smallest absolute Gasteiger partial charge is 0.214 e. The van der Waals surface area contributed by atoms with Crippen LogP contribution in [0.3, 0.4) is 0 Å². The monoisotopic (exact) mass is 272 g/mol. The first kappa shape index (κ1) is 14.1. The summed E-state index contributed by atoms with van der Waals surface area (Å²) in [4.78, 5) is 4.14. The largest absolute Gasteiger partial charge is 0.245 e. The SMILES string of the molecule is CC(C)(C)S(N)(=O)=O.c1ccc2scnc2c1. The molecule has 1 aromatic carbocycles. The lowest BCUT2D eigenvalue weighted by Crippen LogP contribution is -2.34. The molecule has 0 fully saturated rings. The van der Waals surface area contributed by atoms with Gasteiger partial charge in [-0.3, -0.25) is 0 Å². The lowest BCUT2D eigenvalue weighted by atomic mass is 10.3. The fourth-order valence-electron chi connectivity index (χ4n) is 0.803. The highest BCUT2D eigenvalue weighted by molar-refractivity contribution is 7.90. The zero-order valence-corrected chi connectivity index (χ0v) is 11.7. The molecule has 0 atom stereocenters. The minimum absolute atomic E-state index is 0.812. The van der Waals surface area contributed by atoms with E-state index in [1.165, 1.54) is 4.70 Å². The Balaban J connectivity index is 0.000000172. The molecule has 0 bridgehead atoms. The minimum atomic E-state index is -3.34. The Morgan fingerprint density at radius 1 is 1.24 bits per heavy atom. The van der Waals surface area contributed by atoms with E-state index in [0.29, 0.717) is 0 Å². The normalized spacial score (nSPS) is 12.0. The van der Waals surface area contributed by atoms with Crippen LogP contribution in [0, 0.1) is 0 Å². The summed E-state index contributed by atoms with van der Waals surface area (Å²) < 4.78 is 21.3. The number of nitrogens with zero attached hydrogens (tertiary/aromatic N) is 1. The Morgan fingerprint density at radius 3 is 2.24 bits per heavy atom. The van der Waals surface area contributed by atoms with E-state index in [1.807, 2.05) is 23.7 Å². The van der Waals surface area contributed by atoms with Crippen LogP contribution in [-0.2, 0) is 10.0 Å². The number of fused-ring (bicyclic) bond motifs is 1. The van der Waals surface area contributed by atoms with Crippen LogP contribution in [0.5, 0.6) is 0 Å². The Kier molecular flexibility index (Phi) is 4.24. The molecule has 0 aliphatic rings. The molecule has 0 saturated heterocycles. The van der Waals surface area contributed by atoms with Crippen molar-refractivity contribution in [1.29, 1.82) is 0 Å². The molecule has 0 amide bonds. The van der Waals surface area contributed by atoms with E-state index >= 15 is 0 Å². The Morgan fingerprint density at radius 2 is 1.76 bits per heavy atom. The summed E-state index contributed by atoms with van der Waals surface area (Å²) in [6.45, 7) is 4.67. The number of rotatable bonds is 0. The topological polar surface area (TPSA) is 73.1 Å². The van der Waals surface area contributed by atoms with Crippen LogP contribution in [-0.4, -0.2) is 18.1 Å². The number of aromatic nitrogens is 1. The van der Waals surface area contributed by atoms with Gasteiger partial charge in [-0.25, -0.2) is 18.5 Å². The first-order chi connectivity index (χ1) is 7.72. The molecular formula is C11H16N2O2S2. The van der Waals surface area contributed by atoms with Gasteiger partial charge in [0.15, 0.2) is 0 Å². The van der Waals surface area contributed by atoms with Gasteiger partial charge < -0.3 is 0 Å². The zero-order chi connectivity index (χ0) is 13.1. The molecule has 4 nitrogen and oxygen atoms in total. The number of thiazole rings is 1. The van der Waals surface area contributed by atoms with Gasteiger partial charge in [0.25, 0.3) is 0 Å². The fourth-order valence-corrected chi connectivity index (χ4v) is 1.48. The third-order valence-corrected chi connectivity index (χ3v) is 4.61. The summed E-state index contributed by atoms with van der Waals surface area (Å²) in [6.07, 6.45) is 0. The summed E-state index contributed by atoms with van der Waals surface area (Å²) in [5.41, 5.74) is 2.97. The maximum absolute atomic E-state index is 10.4. The molecule has 0 saturated carbocycles. The van der Waals surface area contributed by atoms with Crippen molar-refractivity contribution in [2.45, 2.75) is 25.5 Å². The van der Waals surface area contributed by atoms with Crippen molar-refractivity contribution in [2.24, 2.45) is 5.14 Å². The van der Waals surface area contributed by atoms with Gasteiger partial charge in [0.2, 0.25) is 10.0 Å². The molecule has 0 spiro atoms. The van der Waals surface area contributed by atoms with Crippen molar-refractivity contribution in [3.8, 4) is 0 Å². The van der Waals surface area contributed by atoms with Crippen LogP contribution < -0.4 is 5.14 Å². The number of para-hydroxylation sites is 1. The van der Waals surface area contributed by atoms with E-state index in [-0.39, 0.29) is 0 Å². The van der Waals surface area contributed by atoms with Gasteiger partial charge in [0.1, 0.15) is 0 Å². The molecule has 1 aromatic heterocycles. The van der Waals surface area contributed by atoms with Crippen LogP contribution in [0.25, 0.3) is 10.2 Å². The number of benzene rings is 1. The minimum Gasteiger partial charge on any atom is -0.245 e. The zero-order valence-electron chi connectivity index (χ0n) is 10.0. The maximum Gasteiger partial charge on any atom is 0.214 e. The molecule has 0 radical (unpaired) electrons. The van der Waals surface area contributed by atoms with Crippen LogP contribution in [0.1, 0.15) is 20.8 Å². The second-order valence-electron chi connectivity index (χ2n) is 4.48. The highest BCUT2D eigenvalue weighted by Crippen LogP contribution is 2.15. The van der Waals surface area contributed by atoms with Gasteiger partial charge in [-0.05, 0) is 32.9 Å². The van der Waals surface area contributed by atoms with Crippen molar-refractivity contribution in [3.63, 3.8) is 0 Å². The summed E-state index contributed by atoms with van der Waals surface area (Å²) in [5.74, 6) is 0. The number of hydrogen-bond donors (Lipinski definition) is 1. The number of nitrogens with two attached hydrogens (primary N) is 1. The van der Waals surface area contributed by atoms with Gasteiger partial charge in [0, 0.05) is 0 Å². The average molecular weight is 272 g/mol. The highest BCUT2D eigenvalue weighted by atomic mass is 32.2. The van der Waals surface area contributed by atoms with Crippen molar-refractivity contribution >= 4 is 31.6 Å². The molecule has 2 N–H and O–H groups in total. The van der Waals surface area contributed by atoms with E-state index in [0.717, 1.165) is 5.52 Å². The van der Waals surface area contributed by atoms with Gasteiger partial charge in [-0.15, -0.1) is 11.3 Å². The number of hydrogen-bond acceptors (Lipinski definition) is 4. The van der Waals surface area contributed by atoms with Crippen molar-refractivity contribution in [3.05, 3.63) is 29.8 Å². The molecule has 0 aliphatic heterocycles. The van der Waals surface area contributed by atoms with Crippen LogP contribution in [0.15, 0.2) is 29.8 Å². The van der Waals surface area contributed by atoms with Gasteiger partial charge in [-0.1, -0.05) is 12.1 Å². The summed E-state index contributed by atoms with van der Waals surface area (Å²) in [6, 6.07) is 8.13. The number of primary sulfonamides is 1. The standard InChI is InChI=1S/C7H5NS.C4H11NO2S/c1-2-4-7-6(3-1)8-5-9-7;1-4(2,3)8(5,6)7/h1-5H;1-3H3,(H2,5,6,7). The van der Waals surface area contributed by atoms with Crippen molar-refractivity contribution in [1.82, 2.24) is 4.98 Å². The van der Waals surface area contributed by atoms with Crippen molar-refractivity contribution < 1.29 is 8.42 Å². The third-order valence-electron chi connectivity index (χ3n) is 2.09. The van der Waals surface area contributed by atoms with Gasteiger partial charge >= 0.3 is 0 Å². The van der Waals surface area contributed by atoms with E-state index in [4.69, 9.17) is 5.14 Å². The molecule has 17 heavy (non-hydrogen) atoms. The molecule has 94 valence electrons.